The first-order valence-corrected chi connectivity index (χ1v) is 9.04. The van der Waals surface area contributed by atoms with Crippen molar-refractivity contribution >= 4 is 29.7 Å². The van der Waals surface area contributed by atoms with Gasteiger partial charge in [-0.2, -0.15) is 5.11 Å². The van der Waals surface area contributed by atoms with Crippen molar-refractivity contribution in [2.24, 2.45) is 10.1 Å². The second-order valence-electron chi connectivity index (χ2n) is 7.11. The highest BCUT2D eigenvalue weighted by molar-refractivity contribution is 6.11. The van der Waals surface area contributed by atoms with Crippen LogP contribution in [0.5, 0.6) is 0 Å². The number of carbonyl (C=O) groups is 2. The number of alkyl carbamates (subject to hydrolysis) is 1. The number of nitrogens with one attached hydrogen (secondary N) is 5. The molecule has 0 fully saturated rings. The lowest BCUT2D eigenvalue weighted by atomic mass is 10.2. The zero-order valence-electron chi connectivity index (χ0n) is 17.1. The molecule has 0 unspecified atom stereocenters. The Balaban J connectivity index is 2.20. The van der Waals surface area contributed by atoms with E-state index >= 15 is 0 Å². The summed E-state index contributed by atoms with van der Waals surface area (Å²) in [5, 5.41) is 15.4. The summed E-state index contributed by atoms with van der Waals surface area (Å²) in [6.45, 7) is 5.08. The molecule has 1 aromatic heterocycles. The third-order valence-corrected chi connectivity index (χ3v) is 3.59. The van der Waals surface area contributed by atoms with Crippen molar-refractivity contribution in [1.82, 2.24) is 10.3 Å². The van der Waals surface area contributed by atoms with Crippen LogP contribution in [0, 0.1) is 16.8 Å². The van der Waals surface area contributed by atoms with Crippen LogP contribution in [0.2, 0.25) is 0 Å². The molecule has 0 aliphatic carbocycles. The molecule has 11 heteroatoms. The number of hydrogen-bond acceptors (Lipinski definition) is 7. The van der Waals surface area contributed by atoms with Gasteiger partial charge in [0.05, 0.1) is 17.1 Å². The van der Waals surface area contributed by atoms with Crippen LogP contribution in [0.4, 0.5) is 14.9 Å². The number of amidine groups is 1. The number of allylic oxidation sites excluding steroid dienone is 1. The number of ether oxygens (including phenoxy) is 1. The number of amides is 1. The second-order valence-corrected chi connectivity index (χ2v) is 7.11. The van der Waals surface area contributed by atoms with Gasteiger partial charge >= 0.3 is 6.09 Å². The third-order valence-electron chi connectivity index (χ3n) is 3.59. The van der Waals surface area contributed by atoms with Crippen LogP contribution in [0.1, 0.15) is 37.0 Å². The van der Waals surface area contributed by atoms with Crippen LogP contribution in [-0.2, 0) is 4.74 Å². The van der Waals surface area contributed by atoms with E-state index in [0.717, 1.165) is 12.5 Å². The summed E-state index contributed by atoms with van der Waals surface area (Å²) < 4.78 is 18.9. The summed E-state index contributed by atoms with van der Waals surface area (Å²) in [5.41, 5.74) is 6.61. The van der Waals surface area contributed by atoms with E-state index in [4.69, 9.17) is 15.7 Å². The predicted molar refractivity (Wildman–Crippen MR) is 113 cm³/mol. The fourth-order valence-electron chi connectivity index (χ4n) is 2.31. The first-order valence-electron chi connectivity index (χ1n) is 9.04. The van der Waals surface area contributed by atoms with E-state index < -0.39 is 23.3 Å². The minimum atomic E-state index is -0.786. The fraction of sp³-hybridized carbons (Fsp3) is 0.200. The molecule has 31 heavy (non-hydrogen) atoms. The Bertz CT molecular complexity index is 1050. The van der Waals surface area contributed by atoms with E-state index in [2.05, 4.69) is 25.7 Å². The Hall–Kier alpha value is -4.15. The number of aliphatic imine (C=N–C) groups is 1. The average Bonchev–Trinajstić information content (AvgIpc) is 3.18. The van der Waals surface area contributed by atoms with Crippen LogP contribution in [0.3, 0.4) is 0 Å². The molecule has 0 aliphatic heterocycles. The van der Waals surface area contributed by atoms with E-state index in [-0.39, 0.29) is 28.6 Å². The summed E-state index contributed by atoms with van der Waals surface area (Å²) in [6, 6.07) is 8.69. The van der Waals surface area contributed by atoms with E-state index in [1.807, 2.05) is 0 Å². The normalized spacial score (nSPS) is 12.1. The van der Waals surface area contributed by atoms with Crippen molar-refractivity contribution in [2.45, 2.75) is 26.4 Å². The summed E-state index contributed by atoms with van der Waals surface area (Å²) in [6.07, 6.45) is 1.05. The van der Waals surface area contributed by atoms with Gasteiger partial charge in [0.15, 0.2) is 11.5 Å². The van der Waals surface area contributed by atoms with Crippen LogP contribution in [0.25, 0.3) is 0 Å². The lowest BCUT2D eigenvalue weighted by Gasteiger charge is -2.19. The Morgan fingerprint density at radius 3 is 2.45 bits per heavy atom. The SMILES string of the molecule is CC(C)(C)OC(=O)N/C(=N/C=N)c1ccc(C(=O)/C(=C/Nc2ccccc2F)N=N)[nH]1. The van der Waals surface area contributed by atoms with Crippen molar-refractivity contribution in [3.8, 4) is 0 Å². The topological polar surface area (TPSA) is 156 Å². The zero-order valence-corrected chi connectivity index (χ0v) is 17.1. The van der Waals surface area contributed by atoms with Crippen LogP contribution >= 0.6 is 0 Å². The molecule has 2 aromatic rings. The van der Waals surface area contributed by atoms with E-state index in [1.54, 1.807) is 26.8 Å². The minimum absolute atomic E-state index is 0.0382. The first kappa shape index (κ1) is 23.1. The molecule has 1 aromatic carbocycles. The number of H-pyrrole nitrogens is 1. The van der Waals surface area contributed by atoms with Gasteiger partial charge in [0.2, 0.25) is 5.78 Å². The molecule has 0 aliphatic rings. The quantitative estimate of drug-likeness (QED) is 0.148. The Labute approximate surface area is 177 Å². The smallest absolute Gasteiger partial charge is 0.413 e. The molecule has 0 saturated carbocycles. The predicted octanol–water partition coefficient (Wildman–Crippen LogP) is 4.20. The number of Topliss-reactive ketones (excluding diaryl/α,β-unsaturated/α-hetero) is 1. The molecular formula is C20H22FN7O3. The van der Waals surface area contributed by atoms with Gasteiger partial charge in [0.25, 0.3) is 0 Å². The van der Waals surface area contributed by atoms with Crippen molar-refractivity contribution in [1.29, 1.82) is 10.9 Å². The van der Waals surface area contributed by atoms with E-state index in [9.17, 15) is 14.0 Å². The summed E-state index contributed by atoms with van der Waals surface area (Å²) in [5.74, 6) is -1.23. The standard InChI is InChI=1S/C20H22FN7O3/c1-20(2,3)31-19(30)27-18(25-11-22)15-9-8-14(26-15)17(29)16(28-23)10-24-13-7-5-4-6-12(13)21/h4-11,23-24,26H,1-3H3,(H2,22,25,27,30)/b16-10-,28-23?. The van der Waals surface area contributed by atoms with Gasteiger partial charge < -0.3 is 15.0 Å². The largest absolute Gasteiger partial charge is 0.444 e. The molecule has 0 spiro atoms. The summed E-state index contributed by atoms with van der Waals surface area (Å²) >= 11 is 0. The first-order chi connectivity index (χ1) is 14.6. The van der Waals surface area contributed by atoms with Crippen LogP contribution < -0.4 is 10.6 Å². The molecule has 10 nitrogen and oxygen atoms in total. The summed E-state index contributed by atoms with van der Waals surface area (Å²) in [4.78, 5) is 31.2. The number of anilines is 1. The number of aromatic nitrogens is 1. The summed E-state index contributed by atoms with van der Waals surface area (Å²) in [7, 11) is 0. The number of para-hydroxylation sites is 1. The average molecular weight is 427 g/mol. The van der Waals surface area contributed by atoms with Gasteiger partial charge in [0, 0.05) is 6.20 Å². The number of nitrogens with zero attached hydrogens (tertiary/aromatic N) is 2. The van der Waals surface area contributed by atoms with E-state index in [0.29, 0.717) is 0 Å². The van der Waals surface area contributed by atoms with Crippen molar-refractivity contribution in [2.75, 3.05) is 5.32 Å². The Morgan fingerprint density at radius 1 is 1.16 bits per heavy atom. The highest BCUT2D eigenvalue weighted by atomic mass is 19.1. The maximum Gasteiger partial charge on any atom is 0.413 e. The number of benzene rings is 1. The zero-order chi connectivity index (χ0) is 23.0. The molecular weight excluding hydrogens is 405 g/mol. The molecule has 2 rings (SSSR count). The van der Waals surface area contributed by atoms with Crippen molar-refractivity contribution < 1.29 is 18.7 Å². The fourth-order valence-corrected chi connectivity index (χ4v) is 2.31. The Kier molecular flexibility index (Phi) is 7.50. The highest BCUT2D eigenvalue weighted by Gasteiger charge is 2.20. The maximum absolute atomic E-state index is 13.7. The number of carbonyl (C=O) groups excluding carboxylic acids is 2. The molecule has 1 amide bonds. The number of halogens is 1. The lowest BCUT2D eigenvalue weighted by Crippen LogP contribution is -2.37. The van der Waals surface area contributed by atoms with E-state index in [1.165, 1.54) is 30.3 Å². The number of rotatable bonds is 7. The minimum Gasteiger partial charge on any atom is -0.444 e. The second kappa shape index (κ2) is 10.1. The lowest BCUT2D eigenvalue weighted by molar-refractivity contribution is 0.0563. The van der Waals surface area contributed by atoms with Gasteiger partial charge in [-0.3, -0.25) is 15.5 Å². The van der Waals surface area contributed by atoms with Crippen LogP contribution in [0.15, 0.2) is 58.4 Å². The molecule has 0 atom stereocenters. The number of aromatic amines is 1. The highest BCUT2D eigenvalue weighted by Crippen LogP contribution is 2.15. The molecule has 5 N–H and O–H groups in total. The van der Waals surface area contributed by atoms with Gasteiger partial charge in [-0.05, 0) is 45.0 Å². The molecule has 1 heterocycles. The molecule has 0 bridgehead atoms. The van der Waals surface area contributed by atoms with Crippen molar-refractivity contribution in [3.05, 3.63) is 65.5 Å². The molecule has 0 radical (unpaired) electrons. The maximum atomic E-state index is 13.7. The molecule has 0 saturated heterocycles. The number of hydrogen-bond donors (Lipinski definition) is 5. The van der Waals surface area contributed by atoms with Gasteiger partial charge in [0.1, 0.15) is 17.8 Å². The molecule has 162 valence electrons. The number of ketones is 1. The van der Waals surface area contributed by atoms with Crippen molar-refractivity contribution in [3.63, 3.8) is 0 Å². The van der Waals surface area contributed by atoms with Gasteiger partial charge in [-0.25, -0.2) is 19.7 Å². The van der Waals surface area contributed by atoms with Gasteiger partial charge in [-0.1, -0.05) is 12.1 Å². The van der Waals surface area contributed by atoms with Gasteiger partial charge in [-0.15, -0.1) is 0 Å². The third kappa shape index (κ3) is 6.70. The monoisotopic (exact) mass is 427 g/mol. The van der Waals surface area contributed by atoms with Crippen LogP contribution in [-0.4, -0.2) is 34.6 Å². The Morgan fingerprint density at radius 2 is 1.84 bits per heavy atom.